The van der Waals surface area contributed by atoms with Crippen LogP contribution in [0.5, 0.6) is 0 Å². The number of anilines is 1. The Labute approximate surface area is 140 Å². The van der Waals surface area contributed by atoms with E-state index in [9.17, 15) is 18.0 Å². The highest BCUT2D eigenvalue weighted by atomic mass is 32.2. The van der Waals surface area contributed by atoms with Gasteiger partial charge in [0.1, 0.15) is 5.00 Å². The van der Waals surface area contributed by atoms with Crippen LogP contribution in [0.25, 0.3) is 0 Å². The summed E-state index contributed by atoms with van der Waals surface area (Å²) in [5.74, 6) is -0.731. The molecule has 1 aliphatic rings. The number of unbranched alkanes of at least 4 members (excludes halogenated alkanes) is 1. The maximum Gasteiger partial charge on any atom is 0.341 e. The Morgan fingerprint density at radius 3 is 2.70 bits per heavy atom. The predicted molar refractivity (Wildman–Crippen MR) is 89.6 cm³/mol. The highest BCUT2D eigenvalue weighted by molar-refractivity contribution is 7.90. The fourth-order valence-electron chi connectivity index (χ4n) is 2.46. The Bertz CT molecular complexity index is 706. The molecule has 8 heteroatoms. The first kappa shape index (κ1) is 17.9. The summed E-state index contributed by atoms with van der Waals surface area (Å²) in [7, 11) is -3.13. The van der Waals surface area contributed by atoms with E-state index >= 15 is 0 Å². The molecule has 2 rings (SSSR count). The van der Waals surface area contributed by atoms with Gasteiger partial charge < -0.3 is 10.1 Å². The van der Waals surface area contributed by atoms with E-state index in [4.69, 9.17) is 4.74 Å². The molecule has 1 amide bonds. The summed E-state index contributed by atoms with van der Waals surface area (Å²) in [4.78, 5) is 24.8. The van der Waals surface area contributed by atoms with Crippen LogP contribution >= 0.6 is 11.3 Å². The molecule has 6 nitrogen and oxygen atoms in total. The van der Waals surface area contributed by atoms with Crippen LogP contribution in [-0.4, -0.2) is 32.7 Å². The molecular formula is C15H21NO5S2. The normalized spacial score (nSPS) is 15.7. The number of hydrogen-bond acceptors (Lipinski definition) is 6. The molecule has 1 N–H and O–H groups in total. The average molecular weight is 359 g/mol. The first-order valence-corrected chi connectivity index (χ1v) is 10.3. The molecule has 0 unspecified atom stereocenters. The molecule has 0 fully saturated rings. The smallest absolute Gasteiger partial charge is 0.341 e. The summed E-state index contributed by atoms with van der Waals surface area (Å²) in [6, 6.07) is 0. The average Bonchev–Trinajstić information content (AvgIpc) is 2.80. The molecule has 0 saturated carbocycles. The third-order valence-electron chi connectivity index (χ3n) is 3.59. The fourth-order valence-corrected chi connectivity index (χ4v) is 5.51. The lowest BCUT2D eigenvalue weighted by Crippen LogP contribution is -2.20. The molecule has 128 valence electrons. The SMILES string of the molecule is CCCCC(=O)Nc1sc2c(c1C(=O)OCC)CCS(=O)(=O)C2. The van der Waals surface area contributed by atoms with Crippen LogP contribution in [0.15, 0.2) is 0 Å². The van der Waals surface area contributed by atoms with Gasteiger partial charge in [-0.3, -0.25) is 4.79 Å². The van der Waals surface area contributed by atoms with E-state index < -0.39 is 15.8 Å². The number of rotatable bonds is 6. The number of esters is 1. The van der Waals surface area contributed by atoms with Crippen molar-refractivity contribution in [3.63, 3.8) is 0 Å². The van der Waals surface area contributed by atoms with Gasteiger partial charge in [-0.05, 0) is 25.3 Å². The lowest BCUT2D eigenvalue weighted by molar-refractivity contribution is -0.116. The molecule has 1 aromatic rings. The van der Waals surface area contributed by atoms with Gasteiger partial charge >= 0.3 is 5.97 Å². The van der Waals surface area contributed by atoms with Crippen molar-refractivity contribution in [1.82, 2.24) is 0 Å². The third kappa shape index (κ3) is 4.32. The minimum absolute atomic E-state index is 0.0202. The van der Waals surface area contributed by atoms with E-state index in [0.29, 0.717) is 27.4 Å². The van der Waals surface area contributed by atoms with Crippen molar-refractivity contribution in [2.75, 3.05) is 17.7 Å². The quantitative estimate of drug-likeness (QED) is 0.788. The van der Waals surface area contributed by atoms with Crippen molar-refractivity contribution in [2.24, 2.45) is 0 Å². The van der Waals surface area contributed by atoms with Crippen molar-refractivity contribution < 1.29 is 22.7 Å². The maximum atomic E-state index is 12.2. The van der Waals surface area contributed by atoms with E-state index in [0.717, 1.165) is 12.8 Å². The molecular weight excluding hydrogens is 338 g/mol. The summed E-state index contributed by atoms with van der Waals surface area (Å²) in [6.45, 7) is 3.93. The minimum atomic E-state index is -3.13. The van der Waals surface area contributed by atoms with E-state index in [1.165, 1.54) is 11.3 Å². The van der Waals surface area contributed by atoms with Crippen LogP contribution in [0.2, 0.25) is 0 Å². The lowest BCUT2D eigenvalue weighted by Gasteiger charge is -2.13. The van der Waals surface area contributed by atoms with Crippen molar-refractivity contribution in [2.45, 2.75) is 45.3 Å². The van der Waals surface area contributed by atoms with Crippen molar-refractivity contribution >= 4 is 38.1 Å². The molecule has 0 radical (unpaired) electrons. The van der Waals surface area contributed by atoms with E-state index in [1.54, 1.807) is 6.92 Å². The molecule has 0 saturated heterocycles. The number of hydrogen-bond donors (Lipinski definition) is 1. The summed E-state index contributed by atoms with van der Waals surface area (Å²) < 4.78 is 28.7. The maximum absolute atomic E-state index is 12.2. The minimum Gasteiger partial charge on any atom is -0.462 e. The number of fused-ring (bicyclic) bond motifs is 1. The predicted octanol–water partition coefficient (Wildman–Crippen LogP) is 2.52. The number of sulfone groups is 1. The molecule has 2 heterocycles. The van der Waals surface area contributed by atoms with E-state index in [2.05, 4.69) is 5.32 Å². The highest BCUT2D eigenvalue weighted by Crippen LogP contribution is 2.38. The van der Waals surface area contributed by atoms with E-state index in [1.807, 2.05) is 6.92 Å². The van der Waals surface area contributed by atoms with Gasteiger partial charge in [-0.2, -0.15) is 0 Å². The van der Waals surface area contributed by atoms with Gasteiger partial charge in [0, 0.05) is 11.3 Å². The van der Waals surface area contributed by atoms with Crippen LogP contribution < -0.4 is 5.32 Å². The largest absolute Gasteiger partial charge is 0.462 e. The summed E-state index contributed by atoms with van der Waals surface area (Å²) >= 11 is 1.17. The molecule has 0 spiro atoms. The van der Waals surface area contributed by atoms with Gasteiger partial charge in [-0.1, -0.05) is 13.3 Å². The van der Waals surface area contributed by atoms with Crippen molar-refractivity contribution in [3.8, 4) is 0 Å². The number of ether oxygens (including phenoxy) is 1. The molecule has 1 aromatic heterocycles. The topological polar surface area (TPSA) is 89.5 Å². The second-order valence-corrected chi connectivity index (χ2v) is 8.71. The first-order valence-electron chi connectivity index (χ1n) is 7.69. The molecule has 0 aliphatic carbocycles. The second-order valence-electron chi connectivity index (χ2n) is 5.42. The summed E-state index contributed by atoms with van der Waals surface area (Å²) in [5, 5.41) is 3.16. The first-order chi connectivity index (χ1) is 10.9. The summed E-state index contributed by atoms with van der Waals surface area (Å²) in [6.07, 6.45) is 2.32. The third-order valence-corrected chi connectivity index (χ3v) is 6.48. The van der Waals surface area contributed by atoms with Crippen LogP contribution in [-0.2, 0) is 31.5 Å². The Kier molecular flexibility index (Phi) is 5.80. The molecule has 0 atom stereocenters. The van der Waals surface area contributed by atoms with Crippen molar-refractivity contribution in [1.29, 1.82) is 0 Å². The van der Waals surface area contributed by atoms with E-state index in [-0.39, 0.29) is 30.4 Å². The van der Waals surface area contributed by atoms with Crippen LogP contribution in [0.4, 0.5) is 5.00 Å². The highest BCUT2D eigenvalue weighted by Gasteiger charge is 2.31. The van der Waals surface area contributed by atoms with Gasteiger partial charge in [0.05, 0.1) is 23.7 Å². The van der Waals surface area contributed by atoms with Gasteiger partial charge in [0.15, 0.2) is 9.84 Å². The summed E-state index contributed by atoms with van der Waals surface area (Å²) in [5.41, 5.74) is 1.03. The zero-order valence-corrected chi connectivity index (χ0v) is 14.9. The Morgan fingerprint density at radius 1 is 1.30 bits per heavy atom. The number of amides is 1. The molecule has 0 bridgehead atoms. The van der Waals surface area contributed by atoms with Gasteiger partial charge in [-0.25, -0.2) is 13.2 Å². The Balaban J connectivity index is 2.34. The number of carbonyl (C=O) groups is 2. The van der Waals surface area contributed by atoms with Crippen LogP contribution in [0.3, 0.4) is 0 Å². The van der Waals surface area contributed by atoms with Gasteiger partial charge in [-0.15, -0.1) is 11.3 Å². The standard InChI is InChI=1S/C15H21NO5S2/c1-3-5-6-12(17)16-14-13(15(18)21-4-2)10-7-8-23(19,20)9-11(10)22-14/h3-9H2,1-2H3,(H,16,17). The van der Waals surface area contributed by atoms with Gasteiger partial charge in [0.25, 0.3) is 0 Å². The fraction of sp³-hybridized carbons (Fsp3) is 0.600. The Hall–Kier alpha value is -1.41. The van der Waals surface area contributed by atoms with Crippen LogP contribution in [0, 0.1) is 0 Å². The number of thiophene rings is 1. The Morgan fingerprint density at radius 2 is 2.04 bits per heavy atom. The van der Waals surface area contributed by atoms with Gasteiger partial charge in [0.2, 0.25) is 5.91 Å². The van der Waals surface area contributed by atoms with Crippen molar-refractivity contribution in [3.05, 3.63) is 16.0 Å². The molecule has 1 aliphatic heterocycles. The zero-order valence-electron chi connectivity index (χ0n) is 13.3. The zero-order chi connectivity index (χ0) is 17.0. The number of nitrogens with one attached hydrogen (secondary N) is 1. The molecule has 0 aromatic carbocycles. The monoisotopic (exact) mass is 359 g/mol. The molecule has 23 heavy (non-hydrogen) atoms. The van der Waals surface area contributed by atoms with Crippen LogP contribution in [0.1, 0.15) is 53.9 Å². The second kappa shape index (κ2) is 7.44. The lowest BCUT2D eigenvalue weighted by atomic mass is 10.1. The number of carbonyl (C=O) groups excluding carboxylic acids is 2.